The third kappa shape index (κ3) is 4.69. The molecule has 2 amide bonds. The van der Waals surface area contributed by atoms with Crippen molar-refractivity contribution in [2.24, 2.45) is 0 Å². The lowest BCUT2D eigenvalue weighted by molar-refractivity contribution is -0.00474. The number of nitrogens with one attached hydrogen (secondary N) is 1. The van der Waals surface area contributed by atoms with E-state index in [-0.39, 0.29) is 18.1 Å². The first-order chi connectivity index (χ1) is 10.9. The Morgan fingerprint density at radius 2 is 2.17 bits per heavy atom. The minimum atomic E-state index is -0.451. The summed E-state index contributed by atoms with van der Waals surface area (Å²) in [5.41, 5.74) is 3.50. The van der Waals surface area contributed by atoms with Crippen molar-refractivity contribution < 1.29 is 14.6 Å². The molecule has 5 heteroatoms. The summed E-state index contributed by atoms with van der Waals surface area (Å²) in [5, 5.41) is 12.7. The Kier molecular flexibility index (Phi) is 6.02. The van der Waals surface area contributed by atoms with Gasteiger partial charge in [0.05, 0.1) is 31.4 Å². The van der Waals surface area contributed by atoms with Crippen LogP contribution < -0.4 is 5.32 Å². The number of hydrogen-bond donors (Lipinski definition) is 2. The maximum atomic E-state index is 12.6. The summed E-state index contributed by atoms with van der Waals surface area (Å²) in [6.45, 7) is 9.44. The Balaban J connectivity index is 2.05. The molecule has 5 nitrogen and oxygen atoms in total. The zero-order valence-electron chi connectivity index (χ0n) is 14.5. The lowest BCUT2D eigenvalue weighted by Gasteiger charge is -2.37. The number of hydrogen-bond acceptors (Lipinski definition) is 3. The first-order valence-electron chi connectivity index (χ1n) is 8.28. The Bertz CT molecular complexity index is 545. The number of nitrogens with zero attached hydrogens (tertiary/aromatic N) is 1. The number of amides is 2. The molecule has 3 atom stereocenters. The molecule has 1 fully saturated rings. The number of benzene rings is 1. The van der Waals surface area contributed by atoms with Crippen LogP contribution >= 0.6 is 0 Å². The van der Waals surface area contributed by atoms with E-state index in [4.69, 9.17) is 4.74 Å². The molecule has 0 spiro atoms. The van der Waals surface area contributed by atoms with Crippen molar-refractivity contribution >= 4 is 6.03 Å². The third-order valence-corrected chi connectivity index (χ3v) is 4.34. The summed E-state index contributed by atoms with van der Waals surface area (Å²) in [4.78, 5) is 14.4. The van der Waals surface area contributed by atoms with Crippen molar-refractivity contribution in [3.05, 3.63) is 34.9 Å². The molecule has 23 heavy (non-hydrogen) atoms. The van der Waals surface area contributed by atoms with Crippen LogP contribution in [0.1, 0.15) is 43.0 Å². The highest BCUT2D eigenvalue weighted by atomic mass is 16.5. The van der Waals surface area contributed by atoms with E-state index < -0.39 is 6.10 Å². The maximum absolute atomic E-state index is 12.6. The van der Waals surface area contributed by atoms with Crippen molar-refractivity contribution in [1.82, 2.24) is 10.2 Å². The van der Waals surface area contributed by atoms with Gasteiger partial charge >= 0.3 is 6.03 Å². The topological polar surface area (TPSA) is 61.8 Å². The molecular formula is C18H28N2O3. The van der Waals surface area contributed by atoms with Crippen LogP contribution in [0.4, 0.5) is 4.79 Å². The molecule has 128 valence electrons. The Labute approximate surface area is 138 Å². The quantitative estimate of drug-likeness (QED) is 0.896. The molecule has 1 saturated heterocycles. The normalized spacial score (nSPS) is 20.9. The molecule has 1 aliphatic heterocycles. The second kappa shape index (κ2) is 7.79. The van der Waals surface area contributed by atoms with Gasteiger partial charge in [-0.25, -0.2) is 4.79 Å². The van der Waals surface area contributed by atoms with Crippen molar-refractivity contribution in [1.29, 1.82) is 0 Å². The van der Waals surface area contributed by atoms with Crippen LogP contribution in [-0.4, -0.2) is 47.9 Å². The van der Waals surface area contributed by atoms with E-state index in [2.05, 4.69) is 37.4 Å². The highest BCUT2D eigenvalue weighted by Gasteiger charge is 2.29. The van der Waals surface area contributed by atoms with Gasteiger partial charge in [-0.1, -0.05) is 23.8 Å². The van der Waals surface area contributed by atoms with Crippen molar-refractivity contribution in [3.8, 4) is 0 Å². The SMILES string of the molecule is Cc1ccc(C)c([C@H](C)NC(=O)N2CCOC[C@@H]2C[C@H](C)O)c1. The molecule has 0 aliphatic carbocycles. The molecule has 1 aliphatic rings. The second-order valence-electron chi connectivity index (χ2n) is 6.54. The monoisotopic (exact) mass is 320 g/mol. The van der Waals surface area contributed by atoms with Crippen LogP contribution in [-0.2, 0) is 4.74 Å². The second-order valence-corrected chi connectivity index (χ2v) is 6.54. The standard InChI is InChI=1S/C18H28N2O3/c1-12-5-6-13(2)17(9-12)15(4)19-18(22)20-7-8-23-11-16(20)10-14(3)21/h5-6,9,14-16,21H,7-8,10-11H2,1-4H3,(H,19,22)/t14-,15-,16-/m0/s1. The zero-order chi connectivity index (χ0) is 17.0. The number of ether oxygens (including phenoxy) is 1. The number of urea groups is 1. The molecule has 0 unspecified atom stereocenters. The Hall–Kier alpha value is -1.59. The van der Waals surface area contributed by atoms with Gasteiger partial charge in [0.1, 0.15) is 0 Å². The van der Waals surface area contributed by atoms with Gasteiger partial charge < -0.3 is 20.1 Å². The van der Waals surface area contributed by atoms with Crippen LogP contribution in [0.3, 0.4) is 0 Å². The Morgan fingerprint density at radius 3 is 2.87 bits per heavy atom. The number of aliphatic hydroxyl groups excluding tert-OH is 1. The fourth-order valence-electron chi connectivity index (χ4n) is 3.08. The number of aryl methyl sites for hydroxylation is 2. The van der Waals surface area contributed by atoms with Gasteiger partial charge in [-0.2, -0.15) is 0 Å². The van der Waals surface area contributed by atoms with Crippen LogP contribution in [0.5, 0.6) is 0 Å². The van der Waals surface area contributed by atoms with Crippen LogP contribution in [0.15, 0.2) is 18.2 Å². The van der Waals surface area contributed by atoms with Crippen molar-refractivity contribution in [2.75, 3.05) is 19.8 Å². The van der Waals surface area contributed by atoms with Crippen LogP contribution in [0.25, 0.3) is 0 Å². The van der Waals surface area contributed by atoms with E-state index in [1.165, 1.54) is 11.1 Å². The number of morpholine rings is 1. The summed E-state index contributed by atoms with van der Waals surface area (Å²) in [7, 11) is 0. The number of rotatable bonds is 4. The molecule has 0 bridgehead atoms. The fourth-order valence-corrected chi connectivity index (χ4v) is 3.08. The first-order valence-corrected chi connectivity index (χ1v) is 8.28. The molecule has 2 rings (SSSR count). The fraction of sp³-hybridized carbons (Fsp3) is 0.611. The molecule has 1 aromatic rings. The van der Waals surface area contributed by atoms with Crippen molar-refractivity contribution in [2.45, 2.75) is 52.3 Å². The summed E-state index contributed by atoms with van der Waals surface area (Å²) >= 11 is 0. The first kappa shape index (κ1) is 17.8. The molecule has 0 aromatic heterocycles. The Morgan fingerprint density at radius 1 is 1.43 bits per heavy atom. The van der Waals surface area contributed by atoms with Gasteiger partial charge in [0.15, 0.2) is 0 Å². The van der Waals surface area contributed by atoms with E-state index >= 15 is 0 Å². The predicted octanol–water partition coefficient (Wildman–Crippen LogP) is 2.55. The maximum Gasteiger partial charge on any atom is 0.318 e. The van der Waals surface area contributed by atoms with E-state index in [0.717, 1.165) is 5.56 Å². The molecule has 1 aromatic carbocycles. The highest BCUT2D eigenvalue weighted by molar-refractivity contribution is 5.75. The largest absolute Gasteiger partial charge is 0.393 e. The smallest absolute Gasteiger partial charge is 0.318 e. The average Bonchev–Trinajstić information content (AvgIpc) is 2.49. The van der Waals surface area contributed by atoms with Crippen LogP contribution in [0, 0.1) is 13.8 Å². The summed E-state index contributed by atoms with van der Waals surface area (Å²) in [6.07, 6.45) is 0.0825. The summed E-state index contributed by atoms with van der Waals surface area (Å²) in [6, 6.07) is 6.05. The minimum absolute atomic E-state index is 0.0579. The number of carbonyl (C=O) groups is 1. The minimum Gasteiger partial charge on any atom is -0.393 e. The van der Waals surface area contributed by atoms with Crippen molar-refractivity contribution in [3.63, 3.8) is 0 Å². The highest BCUT2D eigenvalue weighted by Crippen LogP contribution is 2.20. The lowest BCUT2D eigenvalue weighted by atomic mass is 10.00. The van der Waals surface area contributed by atoms with E-state index in [0.29, 0.717) is 26.2 Å². The predicted molar refractivity (Wildman–Crippen MR) is 90.5 cm³/mol. The van der Waals surface area contributed by atoms with Gasteiger partial charge in [-0.3, -0.25) is 0 Å². The summed E-state index contributed by atoms with van der Waals surface area (Å²) in [5.74, 6) is 0. The molecular weight excluding hydrogens is 292 g/mol. The number of aliphatic hydroxyl groups is 1. The van der Waals surface area contributed by atoms with E-state index in [1.807, 2.05) is 6.92 Å². The number of carbonyl (C=O) groups excluding carboxylic acids is 1. The van der Waals surface area contributed by atoms with Gasteiger partial charge in [-0.15, -0.1) is 0 Å². The zero-order valence-corrected chi connectivity index (χ0v) is 14.5. The molecule has 0 saturated carbocycles. The van der Waals surface area contributed by atoms with E-state index in [9.17, 15) is 9.90 Å². The van der Waals surface area contributed by atoms with E-state index in [1.54, 1.807) is 11.8 Å². The molecule has 1 heterocycles. The molecule has 2 N–H and O–H groups in total. The third-order valence-electron chi connectivity index (χ3n) is 4.34. The van der Waals surface area contributed by atoms with Gasteiger partial charge in [-0.05, 0) is 45.2 Å². The van der Waals surface area contributed by atoms with Gasteiger partial charge in [0.25, 0.3) is 0 Å². The average molecular weight is 320 g/mol. The van der Waals surface area contributed by atoms with Crippen LogP contribution in [0.2, 0.25) is 0 Å². The van der Waals surface area contributed by atoms with Gasteiger partial charge in [0.2, 0.25) is 0 Å². The lowest BCUT2D eigenvalue weighted by Crippen LogP contribution is -2.53. The molecule has 0 radical (unpaired) electrons. The summed E-state index contributed by atoms with van der Waals surface area (Å²) < 4.78 is 5.46. The van der Waals surface area contributed by atoms with Gasteiger partial charge in [0, 0.05) is 6.54 Å².